The number of thiocarbonyl (C=S) groups is 1. The minimum absolute atomic E-state index is 0.0676. The van der Waals surface area contributed by atoms with Gasteiger partial charge in [0.2, 0.25) is 11.8 Å². The summed E-state index contributed by atoms with van der Waals surface area (Å²) in [5.41, 5.74) is 5.82. The summed E-state index contributed by atoms with van der Waals surface area (Å²) >= 11 is 4.74. The Kier molecular flexibility index (Phi) is 3.80. The number of hydrogen-bond donors (Lipinski definition) is 1. The number of para-hydroxylation sites is 2. The van der Waals surface area contributed by atoms with Crippen molar-refractivity contribution in [2.45, 2.75) is 13.3 Å². The van der Waals surface area contributed by atoms with Crippen molar-refractivity contribution in [2.75, 3.05) is 11.5 Å². The van der Waals surface area contributed by atoms with Gasteiger partial charge in [0.1, 0.15) is 17.3 Å². The van der Waals surface area contributed by atoms with Crippen LogP contribution in [0.2, 0.25) is 0 Å². The van der Waals surface area contributed by atoms with Gasteiger partial charge in [0, 0.05) is 12.3 Å². The Morgan fingerprint density at radius 1 is 1.47 bits per heavy atom. The summed E-state index contributed by atoms with van der Waals surface area (Å²) < 4.78 is 5.43. The molecule has 0 aromatic heterocycles. The molecule has 1 aromatic carbocycles. The molecule has 0 saturated carbocycles. The van der Waals surface area contributed by atoms with E-state index in [0.717, 1.165) is 0 Å². The van der Waals surface area contributed by atoms with Crippen LogP contribution in [0.15, 0.2) is 24.3 Å². The summed E-state index contributed by atoms with van der Waals surface area (Å²) in [7, 11) is 0. The predicted octanol–water partition coefficient (Wildman–Crippen LogP) is 1.25. The normalized spacial score (nSPS) is 18.8. The van der Waals surface area contributed by atoms with Gasteiger partial charge in [-0.3, -0.25) is 9.59 Å². The quantitative estimate of drug-likeness (QED) is 0.663. The molecule has 1 unspecified atom stereocenters. The van der Waals surface area contributed by atoms with Crippen molar-refractivity contribution in [1.29, 1.82) is 0 Å². The average molecular weight is 278 g/mol. The summed E-state index contributed by atoms with van der Waals surface area (Å²) in [6, 6.07) is 6.85. The molecular formula is C13H14N2O3S. The fraction of sp³-hybridized carbons (Fsp3) is 0.308. The number of carbonyl (C=O) groups excluding carboxylic acids is 2. The second kappa shape index (κ2) is 5.36. The topological polar surface area (TPSA) is 72.6 Å². The molecule has 0 bridgehead atoms. The zero-order valence-corrected chi connectivity index (χ0v) is 11.3. The third-order valence-corrected chi connectivity index (χ3v) is 2.97. The maximum atomic E-state index is 12.0. The van der Waals surface area contributed by atoms with E-state index < -0.39 is 0 Å². The Balaban J connectivity index is 2.31. The van der Waals surface area contributed by atoms with Crippen molar-refractivity contribution in [3.8, 4) is 5.75 Å². The van der Waals surface area contributed by atoms with Gasteiger partial charge in [-0.05, 0) is 12.1 Å². The lowest BCUT2D eigenvalue weighted by Crippen LogP contribution is -2.30. The van der Waals surface area contributed by atoms with Gasteiger partial charge < -0.3 is 10.5 Å². The standard InChI is InChI=1S/C13H14N2O3S/c1-8-6-12(16)15(13(8)17)9-4-2-3-5-10(9)18-7-11(14)19/h2-5,8H,6-7H2,1H3,(H2,14,19). The van der Waals surface area contributed by atoms with Gasteiger partial charge >= 0.3 is 0 Å². The van der Waals surface area contributed by atoms with Crippen LogP contribution in [-0.4, -0.2) is 23.4 Å². The minimum atomic E-state index is -0.295. The van der Waals surface area contributed by atoms with Gasteiger partial charge in [-0.15, -0.1) is 0 Å². The first-order valence-corrected chi connectivity index (χ1v) is 6.28. The lowest BCUT2D eigenvalue weighted by Gasteiger charge is -2.18. The fourth-order valence-corrected chi connectivity index (χ4v) is 2.01. The van der Waals surface area contributed by atoms with Crippen LogP contribution in [0.25, 0.3) is 0 Å². The van der Waals surface area contributed by atoms with Gasteiger partial charge in [0.15, 0.2) is 0 Å². The Labute approximate surface area is 116 Å². The smallest absolute Gasteiger partial charge is 0.237 e. The maximum absolute atomic E-state index is 12.0. The van der Waals surface area contributed by atoms with E-state index in [4.69, 9.17) is 22.7 Å². The molecular weight excluding hydrogens is 264 g/mol. The molecule has 5 nitrogen and oxygen atoms in total. The highest BCUT2D eigenvalue weighted by Crippen LogP contribution is 2.33. The van der Waals surface area contributed by atoms with Crippen LogP contribution in [0, 0.1) is 5.92 Å². The number of nitrogens with two attached hydrogens (primary N) is 1. The monoisotopic (exact) mass is 278 g/mol. The van der Waals surface area contributed by atoms with Crippen LogP contribution >= 0.6 is 12.2 Å². The average Bonchev–Trinajstić information content (AvgIpc) is 2.61. The van der Waals surface area contributed by atoms with Crippen LogP contribution in [0.4, 0.5) is 5.69 Å². The van der Waals surface area contributed by atoms with Crippen molar-refractivity contribution < 1.29 is 14.3 Å². The number of rotatable bonds is 4. The van der Waals surface area contributed by atoms with Gasteiger partial charge in [-0.2, -0.15) is 0 Å². The highest BCUT2D eigenvalue weighted by molar-refractivity contribution is 7.80. The molecule has 1 saturated heterocycles. The highest BCUT2D eigenvalue weighted by Gasteiger charge is 2.37. The minimum Gasteiger partial charge on any atom is -0.484 e. The molecule has 1 fully saturated rings. The molecule has 0 radical (unpaired) electrons. The largest absolute Gasteiger partial charge is 0.484 e. The van der Waals surface area contributed by atoms with Crippen molar-refractivity contribution in [2.24, 2.45) is 11.7 Å². The molecule has 6 heteroatoms. The summed E-state index contributed by atoms with van der Waals surface area (Å²) in [6.07, 6.45) is 0.225. The fourth-order valence-electron chi connectivity index (χ4n) is 1.95. The van der Waals surface area contributed by atoms with Crippen LogP contribution in [0.1, 0.15) is 13.3 Å². The number of ether oxygens (including phenoxy) is 1. The number of anilines is 1. The van der Waals surface area contributed by atoms with E-state index in [9.17, 15) is 9.59 Å². The molecule has 1 aliphatic rings. The zero-order chi connectivity index (χ0) is 14.0. The van der Waals surface area contributed by atoms with Crippen molar-refractivity contribution in [3.05, 3.63) is 24.3 Å². The van der Waals surface area contributed by atoms with Gasteiger partial charge in [-0.25, -0.2) is 4.90 Å². The van der Waals surface area contributed by atoms with E-state index in [2.05, 4.69) is 0 Å². The molecule has 2 N–H and O–H groups in total. The van der Waals surface area contributed by atoms with E-state index in [1.807, 2.05) is 0 Å². The Morgan fingerprint density at radius 3 is 2.74 bits per heavy atom. The Bertz CT molecular complexity index is 544. The third kappa shape index (κ3) is 2.73. The number of amides is 2. The van der Waals surface area contributed by atoms with Crippen molar-refractivity contribution in [3.63, 3.8) is 0 Å². The number of imide groups is 1. The van der Waals surface area contributed by atoms with Crippen molar-refractivity contribution >= 4 is 34.7 Å². The number of hydrogen-bond acceptors (Lipinski definition) is 4. The third-order valence-electron chi connectivity index (χ3n) is 2.85. The summed E-state index contributed by atoms with van der Waals surface area (Å²) in [5, 5.41) is 0. The predicted molar refractivity (Wildman–Crippen MR) is 75.0 cm³/mol. The summed E-state index contributed by atoms with van der Waals surface area (Å²) in [4.78, 5) is 25.3. The molecule has 1 aliphatic heterocycles. The lowest BCUT2D eigenvalue weighted by molar-refractivity contribution is -0.122. The second-order valence-corrected chi connectivity index (χ2v) is 4.92. The van der Waals surface area contributed by atoms with Crippen LogP contribution in [0.5, 0.6) is 5.75 Å². The van der Waals surface area contributed by atoms with Gasteiger partial charge in [0.05, 0.1) is 5.69 Å². The molecule has 1 heterocycles. The van der Waals surface area contributed by atoms with E-state index in [0.29, 0.717) is 11.4 Å². The molecule has 1 atom stereocenters. The second-order valence-electron chi connectivity index (χ2n) is 4.40. The van der Waals surface area contributed by atoms with E-state index in [1.54, 1.807) is 31.2 Å². The Morgan fingerprint density at radius 2 is 2.16 bits per heavy atom. The van der Waals surface area contributed by atoms with Crippen LogP contribution in [0.3, 0.4) is 0 Å². The molecule has 19 heavy (non-hydrogen) atoms. The highest BCUT2D eigenvalue weighted by atomic mass is 32.1. The molecule has 100 valence electrons. The molecule has 0 aliphatic carbocycles. The molecule has 1 aromatic rings. The maximum Gasteiger partial charge on any atom is 0.237 e. The van der Waals surface area contributed by atoms with Crippen LogP contribution in [-0.2, 0) is 9.59 Å². The lowest BCUT2D eigenvalue weighted by atomic mass is 10.1. The molecule has 2 amide bonds. The summed E-state index contributed by atoms with van der Waals surface area (Å²) in [6.45, 7) is 1.80. The molecule has 0 spiro atoms. The first-order chi connectivity index (χ1) is 9.00. The zero-order valence-electron chi connectivity index (χ0n) is 10.5. The number of benzene rings is 1. The number of nitrogens with zero attached hydrogens (tertiary/aromatic N) is 1. The SMILES string of the molecule is CC1CC(=O)N(c2ccccc2OCC(N)=S)C1=O. The number of carbonyl (C=O) groups is 2. The Hall–Kier alpha value is -1.95. The van der Waals surface area contributed by atoms with E-state index >= 15 is 0 Å². The van der Waals surface area contributed by atoms with E-state index in [1.165, 1.54) is 4.90 Å². The van der Waals surface area contributed by atoms with Gasteiger partial charge in [0.25, 0.3) is 0 Å². The van der Waals surface area contributed by atoms with Crippen LogP contribution < -0.4 is 15.4 Å². The summed E-state index contributed by atoms with van der Waals surface area (Å²) in [5.74, 6) is -0.303. The van der Waals surface area contributed by atoms with Gasteiger partial charge in [-0.1, -0.05) is 31.3 Å². The van der Waals surface area contributed by atoms with E-state index in [-0.39, 0.29) is 35.7 Å². The molecule has 2 rings (SSSR count). The van der Waals surface area contributed by atoms with Crippen molar-refractivity contribution in [1.82, 2.24) is 0 Å². The first kappa shape index (κ1) is 13.5. The first-order valence-electron chi connectivity index (χ1n) is 5.87.